The van der Waals surface area contributed by atoms with Gasteiger partial charge in [-0.05, 0) is 0 Å². The lowest BCUT2D eigenvalue weighted by atomic mass is 9.88. The molecule has 0 bridgehead atoms. The van der Waals surface area contributed by atoms with Crippen LogP contribution in [-0.2, 0) is 0 Å². The molecular weight excluding hydrogens is 168 g/mol. The average Bonchev–Trinajstić information content (AvgIpc) is 2.40. The minimum atomic E-state index is -0.266. The molecule has 0 aromatic carbocycles. The number of nitrogens with one attached hydrogen (secondary N) is 1. The van der Waals surface area contributed by atoms with Crippen LogP contribution in [0.2, 0.25) is 0 Å². The number of thioether (sulfide) groups is 1. The zero-order valence-electron chi connectivity index (χ0n) is 6.47. The molecule has 1 heterocycles. The maximum atomic E-state index is 8.83. The quantitative estimate of drug-likeness (QED) is 0.564. The van der Waals surface area contributed by atoms with Gasteiger partial charge in [-0.3, -0.25) is 0 Å². The van der Waals surface area contributed by atoms with Gasteiger partial charge in [0, 0.05) is 11.2 Å². The Bertz CT molecular complexity index is 277. The van der Waals surface area contributed by atoms with Gasteiger partial charge < -0.3 is 0 Å². The summed E-state index contributed by atoms with van der Waals surface area (Å²) < 4.78 is 0. The number of hydrogen-bond acceptors (Lipinski definition) is 2. The number of nitriles is 1. The van der Waals surface area contributed by atoms with Crippen molar-refractivity contribution in [2.24, 2.45) is 11.8 Å². The number of fused-ring (bicyclic) bond motifs is 1. The number of hydrogen-bond donors (Lipinski definition) is 0. The maximum Gasteiger partial charge on any atom is 0.0836 e. The van der Waals surface area contributed by atoms with Crippen molar-refractivity contribution < 1.29 is 0 Å². The second kappa shape index (κ2) is 2.96. The minimum Gasteiger partial charge on any atom is -0.242 e. The second-order valence-corrected chi connectivity index (χ2v) is 4.35. The van der Waals surface area contributed by atoms with E-state index in [0.717, 1.165) is 0 Å². The highest BCUT2D eigenvalue weighted by molar-refractivity contribution is 8.00. The Balaban J connectivity index is 2.25. The molecule has 0 aromatic rings. The van der Waals surface area contributed by atoms with Crippen molar-refractivity contribution >= 4 is 11.8 Å². The van der Waals surface area contributed by atoms with Crippen molar-refractivity contribution in [1.82, 2.24) is 5.73 Å². The molecule has 61 valence electrons. The summed E-state index contributed by atoms with van der Waals surface area (Å²) in [6, 6.07) is 2.22. The molecule has 3 heteroatoms. The van der Waals surface area contributed by atoms with Crippen molar-refractivity contribution in [3.05, 3.63) is 24.3 Å². The minimum absolute atomic E-state index is 0.124. The smallest absolute Gasteiger partial charge is 0.0836 e. The standard InChI is InChI=1S/C9H9N2S/c10-5-7-6-3-1-2-4-8(6)12-9(7)11/h1-4,6-9,11H. The first kappa shape index (κ1) is 7.90. The van der Waals surface area contributed by atoms with Crippen LogP contribution in [0, 0.1) is 23.2 Å². The van der Waals surface area contributed by atoms with E-state index < -0.39 is 0 Å². The van der Waals surface area contributed by atoms with Gasteiger partial charge in [-0.25, -0.2) is 5.73 Å². The lowest BCUT2D eigenvalue weighted by Crippen LogP contribution is -2.19. The van der Waals surface area contributed by atoms with E-state index in [1.807, 2.05) is 12.2 Å². The van der Waals surface area contributed by atoms with Crippen LogP contribution in [-0.4, -0.2) is 10.6 Å². The molecule has 1 aliphatic heterocycles. The molecule has 1 aliphatic carbocycles. The SMILES string of the molecule is N#CC1C([NH])SC2C=CC=CC21. The summed E-state index contributed by atoms with van der Waals surface area (Å²) in [5, 5.41) is 8.93. The summed E-state index contributed by atoms with van der Waals surface area (Å²) >= 11 is 1.59. The van der Waals surface area contributed by atoms with E-state index >= 15 is 0 Å². The molecular formula is C9H9N2S. The highest BCUT2D eigenvalue weighted by Crippen LogP contribution is 2.43. The van der Waals surface area contributed by atoms with Crippen LogP contribution >= 0.6 is 11.8 Å². The largest absolute Gasteiger partial charge is 0.242 e. The van der Waals surface area contributed by atoms with Gasteiger partial charge in [-0.1, -0.05) is 24.3 Å². The third-order valence-corrected chi connectivity index (χ3v) is 3.69. The predicted molar refractivity (Wildman–Crippen MR) is 49.1 cm³/mol. The Morgan fingerprint density at radius 2 is 2.08 bits per heavy atom. The zero-order chi connectivity index (χ0) is 8.55. The van der Waals surface area contributed by atoms with Crippen LogP contribution in [0.4, 0.5) is 0 Å². The number of allylic oxidation sites excluding steroid dienone is 3. The first-order chi connectivity index (χ1) is 5.83. The normalized spacial score (nSPS) is 44.0. The second-order valence-electron chi connectivity index (χ2n) is 3.02. The van der Waals surface area contributed by atoms with Crippen molar-refractivity contribution in [3.63, 3.8) is 0 Å². The Morgan fingerprint density at radius 3 is 2.83 bits per heavy atom. The van der Waals surface area contributed by atoms with E-state index in [2.05, 4.69) is 18.2 Å². The van der Waals surface area contributed by atoms with E-state index in [4.69, 9.17) is 11.0 Å². The molecule has 0 aromatic heterocycles. The molecule has 2 aliphatic rings. The van der Waals surface area contributed by atoms with Gasteiger partial charge in [0.15, 0.2) is 0 Å². The Labute approximate surface area is 76.1 Å². The van der Waals surface area contributed by atoms with Crippen molar-refractivity contribution in [2.45, 2.75) is 10.6 Å². The molecule has 1 radical (unpaired) electrons. The van der Waals surface area contributed by atoms with Gasteiger partial charge >= 0.3 is 0 Å². The first-order valence-electron chi connectivity index (χ1n) is 3.94. The average molecular weight is 177 g/mol. The van der Waals surface area contributed by atoms with Gasteiger partial charge in [-0.15, -0.1) is 11.8 Å². The van der Waals surface area contributed by atoms with E-state index in [1.165, 1.54) is 0 Å². The summed E-state index contributed by atoms with van der Waals surface area (Å²) in [7, 11) is 0. The molecule has 1 N–H and O–H groups in total. The van der Waals surface area contributed by atoms with Gasteiger partial charge in [-0.2, -0.15) is 5.26 Å². The van der Waals surface area contributed by atoms with E-state index in [9.17, 15) is 0 Å². The molecule has 4 unspecified atom stereocenters. The molecule has 1 fully saturated rings. The predicted octanol–water partition coefficient (Wildman–Crippen LogP) is 1.59. The van der Waals surface area contributed by atoms with E-state index in [1.54, 1.807) is 11.8 Å². The van der Waals surface area contributed by atoms with Crippen LogP contribution in [0.3, 0.4) is 0 Å². The molecule has 0 saturated carbocycles. The molecule has 0 amide bonds. The zero-order valence-corrected chi connectivity index (χ0v) is 7.29. The highest BCUT2D eigenvalue weighted by atomic mass is 32.2. The van der Waals surface area contributed by atoms with Gasteiger partial charge in [0.1, 0.15) is 0 Å². The molecule has 4 atom stereocenters. The summed E-state index contributed by atoms with van der Waals surface area (Å²) in [6.07, 6.45) is 8.12. The van der Waals surface area contributed by atoms with Crippen molar-refractivity contribution in [2.75, 3.05) is 0 Å². The molecule has 2 nitrogen and oxygen atoms in total. The highest BCUT2D eigenvalue weighted by Gasteiger charge is 2.40. The van der Waals surface area contributed by atoms with Gasteiger partial charge in [0.05, 0.1) is 17.4 Å². The molecule has 12 heavy (non-hydrogen) atoms. The fourth-order valence-electron chi connectivity index (χ4n) is 1.67. The van der Waals surface area contributed by atoms with Crippen LogP contribution in [0.1, 0.15) is 0 Å². The third-order valence-electron chi connectivity index (χ3n) is 2.32. The number of nitrogens with zero attached hydrogens (tertiary/aromatic N) is 1. The topological polar surface area (TPSA) is 47.6 Å². The third kappa shape index (κ3) is 1.08. The Morgan fingerprint density at radius 1 is 1.33 bits per heavy atom. The lowest BCUT2D eigenvalue weighted by molar-refractivity contribution is 0.511. The molecule has 1 saturated heterocycles. The van der Waals surface area contributed by atoms with Gasteiger partial charge in [0.2, 0.25) is 0 Å². The Kier molecular flexibility index (Phi) is 1.95. The monoisotopic (exact) mass is 177 g/mol. The first-order valence-corrected chi connectivity index (χ1v) is 4.88. The van der Waals surface area contributed by atoms with E-state index in [0.29, 0.717) is 5.25 Å². The summed E-state index contributed by atoms with van der Waals surface area (Å²) in [5.41, 5.74) is 7.66. The van der Waals surface area contributed by atoms with Gasteiger partial charge in [0.25, 0.3) is 0 Å². The summed E-state index contributed by atoms with van der Waals surface area (Å²) in [6.45, 7) is 0. The summed E-state index contributed by atoms with van der Waals surface area (Å²) in [4.78, 5) is 0. The summed E-state index contributed by atoms with van der Waals surface area (Å²) in [5.74, 6) is 0.147. The van der Waals surface area contributed by atoms with Crippen molar-refractivity contribution in [3.8, 4) is 6.07 Å². The fourth-order valence-corrected chi connectivity index (χ4v) is 3.05. The lowest BCUT2D eigenvalue weighted by Gasteiger charge is -2.15. The van der Waals surface area contributed by atoms with Crippen molar-refractivity contribution in [1.29, 1.82) is 5.26 Å². The van der Waals surface area contributed by atoms with Crippen LogP contribution in [0.25, 0.3) is 0 Å². The Hall–Kier alpha value is -0.720. The fraction of sp³-hybridized carbons (Fsp3) is 0.444. The number of rotatable bonds is 0. The van der Waals surface area contributed by atoms with Crippen LogP contribution in [0.15, 0.2) is 24.3 Å². The molecule has 2 rings (SSSR count). The molecule has 0 spiro atoms. The maximum absolute atomic E-state index is 8.83. The van der Waals surface area contributed by atoms with Crippen LogP contribution in [0.5, 0.6) is 0 Å². The van der Waals surface area contributed by atoms with Crippen LogP contribution < -0.4 is 5.73 Å². The van der Waals surface area contributed by atoms with E-state index in [-0.39, 0.29) is 17.2 Å².